The van der Waals surface area contributed by atoms with Crippen LogP contribution >= 0.6 is 0 Å². The number of furan rings is 1. The second kappa shape index (κ2) is 8.52. The van der Waals surface area contributed by atoms with Gasteiger partial charge in [-0.1, -0.05) is 44.2 Å². The molecule has 0 amide bonds. The second-order valence-corrected chi connectivity index (χ2v) is 7.51. The van der Waals surface area contributed by atoms with Crippen LogP contribution in [-0.2, 0) is 0 Å². The van der Waals surface area contributed by atoms with Crippen LogP contribution in [0.25, 0.3) is 28.9 Å². The van der Waals surface area contributed by atoms with Crippen LogP contribution in [0.1, 0.15) is 53.5 Å². The monoisotopic (exact) mass is 391 g/mol. The summed E-state index contributed by atoms with van der Waals surface area (Å²) in [5.74, 6) is 1.20. The fourth-order valence-corrected chi connectivity index (χ4v) is 3.49. The Bertz CT molecular complexity index is 1250. The summed E-state index contributed by atoms with van der Waals surface area (Å²) in [6.45, 7) is 8.61. The van der Waals surface area contributed by atoms with Gasteiger partial charge in [-0.3, -0.25) is 0 Å². The summed E-state index contributed by atoms with van der Waals surface area (Å²) < 4.78 is 5.69. The molecule has 0 fully saturated rings. The molecule has 30 heavy (non-hydrogen) atoms. The summed E-state index contributed by atoms with van der Waals surface area (Å²) in [5, 5.41) is 27.3. The first kappa shape index (κ1) is 20.7. The molecule has 4 nitrogen and oxygen atoms in total. The van der Waals surface area contributed by atoms with Gasteiger partial charge in [-0.15, -0.1) is 0 Å². The van der Waals surface area contributed by atoms with Crippen LogP contribution in [-0.4, -0.2) is 0 Å². The van der Waals surface area contributed by atoms with E-state index in [1.54, 1.807) is 24.3 Å². The highest BCUT2D eigenvalue weighted by molar-refractivity contribution is 5.87. The van der Waals surface area contributed by atoms with E-state index < -0.39 is 0 Å². The van der Waals surface area contributed by atoms with Gasteiger partial charge >= 0.3 is 0 Å². The highest BCUT2D eigenvalue weighted by Gasteiger charge is 2.16. The van der Waals surface area contributed by atoms with Gasteiger partial charge < -0.3 is 4.42 Å². The number of fused-ring (bicyclic) bond motifs is 1. The summed E-state index contributed by atoms with van der Waals surface area (Å²) in [5.41, 5.74) is 6.94. The van der Waals surface area contributed by atoms with Crippen LogP contribution in [0.15, 0.2) is 46.4 Å². The van der Waals surface area contributed by atoms with E-state index in [1.807, 2.05) is 18.2 Å². The quantitative estimate of drug-likeness (QED) is 0.468. The number of aryl methyl sites for hydroxylation is 2. The summed E-state index contributed by atoms with van der Waals surface area (Å²) in [6, 6.07) is 17.4. The van der Waals surface area contributed by atoms with E-state index in [0.29, 0.717) is 11.7 Å². The Hall–Kier alpha value is -4.07. The van der Waals surface area contributed by atoms with E-state index in [0.717, 1.165) is 5.56 Å². The lowest BCUT2D eigenvalue weighted by molar-refractivity contribution is 0.544. The molecular formula is C26H21N3O. The Labute approximate surface area is 176 Å². The van der Waals surface area contributed by atoms with Gasteiger partial charge in [0.1, 0.15) is 35.3 Å². The second-order valence-electron chi connectivity index (χ2n) is 7.51. The molecule has 0 aromatic carbocycles. The SMILES string of the molecule is Cc1cc(/C=C/c2ccc(C(C#N)=C(C#N)C#N)o2)c2c(C)ccc(C(C)C)cc1-2. The molecule has 0 saturated heterocycles. The first-order chi connectivity index (χ1) is 14.4. The van der Waals surface area contributed by atoms with E-state index >= 15 is 0 Å². The average Bonchev–Trinajstić information content (AvgIpc) is 3.26. The topological polar surface area (TPSA) is 84.5 Å². The van der Waals surface area contributed by atoms with Crippen LogP contribution in [0.2, 0.25) is 0 Å². The van der Waals surface area contributed by atoms with Gasteiger partial charge in [-0.05, 0) is 71.4 Å². The van der Waals surface area contributed by atoms with Gasteiger partial charge in [0.2, 0.25) is 0 Å². The highest BCUT2D eigenvalue weighted by Crippen LogP contribution is 2.37. The predicted molar refractivity (Wildman–Crippen MR) is 118 cm³/mol. The van der Waals surface area contributed by atoms with Crippen molar-refractivity contribution in [2.45, 2.75) is 33.6 Å². The third-order valence-electron chi connectivity index (χ3n) is 5.14. The highest BCUT2D eigenvalue weighted by atomic mass is 16.3. The number of nitriles is 3. The molecule has 0 unspecified atom stereocenters. The molecule has 4 heteroatoms. The third kappa shape index (κ3) is 3.88. The van der Waals surface area contributed by atoms with Crippen molar-refractivity contribution < 1.29 is 4.42 Å². The van der Waals surface area contributed by atoms with Crippen LogP contribution in [0.3, 0.4) is 0 Å². The lowest BCUT2D eigenvalue weighted by Gasteiger charge is -2.04. The molecule has 146 valence electrons. The number of hydrogen-bond acceptors (Lipinski definition) is 4. The summed E-state index contributed by atoms with van der Waals surface area (Å²) in [6.07, 6.45) is 3.83. The normalized spacial score (nSPS) is 10.7. The summed E-state index contributed by atoms with van der Waals surface area (Å²) in [4.78, 5) is 0. The fourth-order valence-electron chi connectivity index (χ4n) is 3.49. The molecule has 3 rings (SSSR count). The average molecular weight is 391 g/mol. The van der Waals surface area contributed by atoms with Crippen molar-refractivity contribution in [1.29, 1.82) is 15.8 Å². The van der Waals surface area contributed by atoms with Gasteiger partial charge in [-0.25, -0.2) is 0 Å². The molecule has 2 aliphatic rings. The summed E-state index contributed by atoms with van der Waals surface area (Å²) in [7, 11) is 0. The van der Waals surface area contributed by atoms with Crippen LogP contribution < -0.4 is 0 Å². The minimum Gasteiger partial charge on any atom is -0.456 e. The van der Waals surface area contributed by atoms with Gasteiger partial charge in [0.25, 0.3) is 0 Å². The van der Waals surface area contributed by atoms with Crippen molar-refractivity contribution >= 4 is 17.7 Å². The Balaban J connectivity index is 2.01. The lowest BCUT2D eigenvalue weighted by Crippen LogP contribution is -1.84. The van der Waals surface area contributed by atoms with Crippen molar-refractivity contribution in [2.75, 3.05) is 0 Å². The largest absolute Gasteiger partial charge is 0.456 e. The zero-order valence-corrected chi connectivity index (χ0v) is 17.4. The molecular weight excluding hydrogens is 370 g/mol. The molecule has 0 atom stereocenters. The van der Waals surface area contributed by atoms with Crippen molar-refractivity contribution in [1.82, 2.24) is 0 Å². The molecule has 0 radical (unpaired) electrons. The van der Waals surface area contributed by atoms with Gasteiger partial charge in [0, 0.05) is 0 Å². The molecule has 1 aromatic rings. The molecule has 1 heterocycles. The van der Waals surface area contributed by atoms with E-state index in [2.05, 4.69) is 52.0 Å². The van der Waals surface area contributed by atoms with Crippen molar-refractivity contribution in [3.63, 3.8) is 0 Å². The molecule has 2 aliphatic carbocycles. The summed E-state index contributed by atoms with van der Waals surface area (Å²) >= 11 is 0. The third-order valence-corrected chi connectivity index (χ3v) is 5.14. The first-order valence-corrected chi connectivity index (χ1v) is 9.66. The van der Waals surface area contributed by atoms with Crippen LogP contribution in [0, 0.1) is 47.8 Å². The molecule has 0 saturated carbocycles. The Morgan fingerprint density at radius 2 is 1.63 bits per heavy atom. The van der Waals surface area contributed by atoms with Crippen molar-refractivity contribution in [3.8, 4) is 29.3 Å². The minimum atomic E-state index is -0.260. The van der Waals surface area contributed by atoms with Crippen LogP contribution in [0.5, 0.6) is 0 Å². The number of nitrogens with zero attached hydrogens (tertiary/aromatic N) is 3. The molecule has 0 spiro atoms. The smallest absolute Gasteiger partial charge is 0.151 e. The Kier molecular flexibility index (Phi) is 5.87. The van der Waals surface area contributed by atoms with E-state index in [1.165, 1.54) is 27.8 Å². The molecule has 0 N–H and O–H groups in total. The van der Waals surface area contributed by atoms with E-state index in [4.69, 9.17) is 14.9 Å². The number of allylic oxidation sites excluding steroid dienone is 2. The number of hydrogen-bond donors (Lipinski definition) is 0. The lowest BCUT2D eigenvalue weighted by atomic mass is 10.0. The Morgan fingerprint density at radius 1 is 0.900 bits per heavy atom. The van der Waals surface area contributed by atoms with Gasteiger partial charge in [-0.2, -0.15) is 15.8 Å². The predicted octanol–water partition coefficient (Wildman–Crippen LogP) is 6.62. The van der Waals surface area contributed by atoms with Crippen LogP contribution in [0.4, 0.5) is 0 Å². The zero-order chi connectivity index (χ0) is 21.8. The molecule has 1 aromatic heterocycles. The van der Waals surface area contributed by atoms with E-state index in [-0.39, 0.29) is 16.9 Å². The Morgan fingerprint density at radius 3 is 2.27 bits per heavy atom. The maximum absolute atomic E-state index is 9.28. The maximum atomic E-state index is 9.28. The minimum absolute atomic E-state index is 0.0571. The molecule has 0 bridgehead atoms. The standard InChI is InChI=1S/C26H21N3O/c1-16(2)19-6-5-17(3)26-20(11-18(4)23(26)12-19)7-8-22-9-10-25(30-22)24(15-29)21(13-27)14-28/h5-12,16H,1-4H3/b8-7+. The van der Waals surface area contributed by atoms with Crippen molar-refractivity contribution in [3.05, 3.63) is 75.7 Å². The van der Waals surface area contributed by atoms with E-state index in [9.17, 15) is 5.26 Å². The maximum Gasteiger partial charge on any atom is 0.151 e. The first-order valence-electron chi connectivity index (χ1n) is 9.66. The van der Waals surface area contributed by atoms with Crippen molar-refractivity contribution in [2.24, 2.45) is 0 Å². The van der Waals surface area contributed by atoms with Gasteiger partial charge in [0.05, 0.1) is 0 Å². The zero-order valence-electron chi connectivity index (χ0n) is 17.4. The molecule has 0 aliphatic heterocycles. The van der Waals surface area contributed by atoms with Gasteiger partial charge in [0.15, 0.2) is 5.57 Å². The fraction of sp³-hybridized carbons (Fsp3) is 0.192. The number of rotatable bonds is 4.